The molecule has 0 spiro atoms. The Morgan fingerprint density at radius 2 is 2.00 bits per heavy atom. The van der Waals surface area contributed by atoms with Crippen LogP contribution in [0.4, 0.5) is 4.79 Å². The van der Waals surface area contributed by atoms with Gasteiger partial charge in [-0.3, -0.25) is 10.1 Å². The van der Waals surface area contributed by atoms with Crippen LogP contribution in [0, 0.1) is 0 Å². The number of urea groups is 1. The lowest BCUT2D eigenvalue weighted by Crippen LogP contribution is -2.41. The van der Waals surface area contributed by atoms with E-state index in [2.05, 4.69) is 20.8 Å². The summed E-state index contributed by atoms with van der Waals surface area (Å²) in [7, 11) is 0. The molecule has 8 heteroatoms. The average Bonchev–Trinajstić information content (AvgIpc) is 3.00. The highest BCUT2D eigenvalue weighted by atomic mass is 32.2. The SMILES string of the molecule is CCNC(=O)NC(=O)[C@@H](Sc1nncn1CC)c1ccccc1. The standard InChI is InChI=1S/C15H19N5O2S/c1-3-16-14(22)18-13(21)12(11-8-6-5-7-9-11)23-15-19-17-10-20(15)4-2/h5-10,12H,3-4H2,1-2H3,(H2,16,18,21,22)/t12-/m0/s1. The van der Waals surface area contributed by atoms with Gasteiger partial charge in [0.15, 0.2) is 5.16 Å². The highest BCUT2D eigenvalue weighted by Gasteiger charge is 2.25. The van der Waals surface area contributed by atoms with E-state index in [-0.39, 0.29) is 0 Å². The summed E-state index contributed by atoms with van der Waals surface area (Å²) in [6.07, 6.45) is 1.62. The lowest BCUT2D eigenvalue weighted by molar-refractivity contribution is -0.119. The molecule has 122 valence electrons. The van der Waals surface area contributed by atoms with Crippen molar-refractivity contribution in [3.05, 3.63) is 42.2 Å². The van der Waals surface area contributed by atoms with Crippen LogP contribution in [0.2, 0.25) is 0 Å². The maximum absolute atomic E-state index is 12.5. The first-order valence-electron chi connectivity index (χ1n) is 7.33. The zero-order valence-corrected chi connectivity index (χ0v) is 13.8. The number of nitrogens with zero attached hydrogens (tertiary/aromatic N) is 3. The molecule has 3 amide bonds. The number of thioether (sulfide) groups is 1. The Hall–Kier alpha value is -2.35. The van der Waals surface area contributed by atoms with Gasteiger partial charge in [-0.1, -0.05) is 42.1 Å². The van der Waals surface area contributed by atoms with Gasteiger partial charge >= 0.3 is 6.03 Å². The first-order chi connectivity index (χ1) is 11.2. The van der Waals surface area contributed by atoms with Gasteiger partial charge in [0.05, 0.1) is 0 Å². The lowest BCUT2D eigenvalue weighted by atomic mass is 10.1. The summed E-state index contributed by atoms with van der Waals surface area (Å²) in [5, 5.41) is 12.9. The van der Waals surface area contributed by atoms with E-state index in [1.54, 1.807) is 13.3 Å². The molecule has 2 aromatic rings. The molecule has 1 atom stereocenters. The van der Waals surface area contributed by atoms with E-state index in [4.69, 9.17) is 0 Å². The first-order valence-corrected chi connectivity index (χ1v) is 8.21. The molecule has 0 unspecified atom stereocenters. The minimum absolute atomic E-state index is 0.391. The highest BCUT2D eigenvalue weighted by molar-refractivity contribution is 8.00. The molecule has 0 bridgehead atoms. The Morgan fingerprint density at radius 1 is 1.26 bits per heavy atom. The van der Waals surface area contributed by atoms with Crippen molar-refractivity contribution in [3.63, 3.8) is 0 Å². The molecule has 7 nitrogen and oxygen atoms in total. The van der Waals surface area contributed by atoms with Crippen molar-refractivity contribution < 1.29 is 9.59 Å². The predicted molar refractivity (Wildman–Crippen MR) is 88.0 cm³/mol. The summed E-state index contributed by atoms with van der Waals surface area (Å²) in [5.74, 6) is -0.391. The number of nitrogens with one attached hydrogen (secondary N) is 2. The van der Waals surface area contributed by atoms with Gasteiger partial charge in [-0.05, 0) is 19.4 Å². The van der Waals surface area contributed by atoms with Crippen LogP contribution in [0.25, 0.3) is 0 Å². The van der Waals surface area contributed by atoms with E-state index in [0.717, 1.165) is 5.56 Å². The van der Waals surface area contributed by atoms with Crippen molar-refractivity contribution in [1.29, 1.82) is 0 Å². The number of carbonyl (C=O) groups is 2. The Bertz CT molecular complexity index is 659. The fourth-order valence-electron chi connectivity index (χ4n) is 1.94. The van der Waals surface area contributed by atoms with Gasteiger partial charge in [-0.25, -0.2) is 4.79 Å². The van der Waals surface area contributed by atoms with Gasteiger partial charge in [0.25, 0.3) is 0 Å². The van der Waals surface area contributed by atoms with Crippen molar-refractivity contribution in [2.24, 2.45) is 0 Å². The van der Waals surface area contributed by atoms with Gasteiger partial charge in [0.1, 0.15) is 11.6 Å². The molecule has 0 aliphatic carbocycles. The summed E-state index contributed by atoms with van der Waals surface area (Å²) < 4.78 is 1.85. The van der Waals surface area contributed by atoms with Gasteiger partial charge in [-0.15, -0.1) is 10.2 Å². The number of aromatic nitrogens is 3. The highest BCUT2D eigenvalue weighted by Crippen LogP contribution is 2.34. The molecule has 23 heavy (non-hydrogen) atoms. The molecule has 2 rings (SSSR count). The average molecular weight is 333 g/mol. The van der Waals surface area contributed by atoms with E-state index in [0.29, 0.717) is 18.2 Å². The van der Waals surface area contributed by atoms with Crippen molar-refractivity contribution in [1.82, 2.24) is 25.4 Å². The minimum atomic E-state index is -0.590. The molecule has 1 aromatic carbocycles. The molecular weight excluding hydrogens is 314 g/mol. The quantitative estimate of drug-likeness (QED) is 0.789. The van der Waals surface area contributed by atoms with E-state index in [1.807, 2.05) is 41.8 Å². The van der Waals surface area contributed by atoms with Gasteiger partial charge in [0.2, 0.25) is 5.91 Å². The third kappa shape index (κ3) is 4.56. The van der Waals surface area contributed by atoms with Crippen molar-refractivity contribution in [2.45, 2.75) is 30.8 Å². The van der Waals surface area contributed by atoms with E-state index >= 15 is 0 Å². The summed E-state index contributed by atoms with van der Waals surface area (Å²) in [4.78, 5) is 24.1. The molecule has 1 aromatic heterocycles. The molecular formula is C15H19N5O2S. The topological polar surface area (TPSA) is 88.9 Å². The molecule has 1 heterocycles. The summed E-state index contributed by atoms with van der Waals surface area (Å²) >= 11 is 1.27. The molecule has 0 aliphatic rings. The smallest absolute Gasteiger partial charge is 0.321 e. The normalized spacial score (nSPS) is 11.7. The van der Waals surface area contributed by atoms with E-state index in [9.17, 15) is 9.59 Å². The number of aryl methyl sites for hydroxylation is 1. The fraction of sp³-hybridized carbons (Fsp3) is 0.333. The van der Waals surface area contributed by atoms with Crippen LogP contribution >= 0.6 is 11.8 Å². The zero-order valence-electron chi connectivity index (χ0n) is 13.0. The second-order valence-electron chi connectivity index (χ2n) is 4.66. The van der Waals surface area contributed by atoms with Crippen LogP contribution in [-0.2, 0) is 11.3 Å². The zero-order chi connectivity index (χ0) is 16.7. The summed E-state index contributed by atoms with van der Waals surface area (Å²) in [6.45, 7) is 4.91. The third-order valence-corrected chi connectivity index (χ3v) is 4.31. The summed E-state index contributed by atoms with van der Waals surface area (Å²) in [6, 6.07) is 8.78. The number of hydrogen-bond donors (Lipinski definition) is 2. The van der Waals surface area contributed by atoms with Gasteiger partial charge in [0, 0.05) is 13.1 Å². The van der Waals surface area contributed by atoms with Gasteiger partial charge in [-0.2, -0.15) is 0 Å². The monoisotopic (exact) mass is 333 g/mol. The molecule has 0 fully saturated rings. The second kappa shape index (κ2) is 8.33. The predicted octanol–water partition coefficient (Wildman–Crippen LogP) is 1.98. The minimum Gasteiger partial charge on any atom is -0.338 e. The van der Waals surface area contributed by atoms with E-state index < -0.39 is 17.2 Å². The Balaban J connectivity index is 2.22. The first kappa shape index (κ1) is 17.0. The Morgan fingerprint density at radius 3 is 2.65 bits per heavy atom. The number of imide groups is 1. The second-order valence-corrected chi connectivity index (χ2v) is 5.73. The molecule has 2 N–H and O–H groups in total. The van der Waals surface area contributed by atoms with Gasteiger partial charge < -0.3 is 9.88 Å². The van der Waals surface area contributed by atoms with Crippen molar-refractivity contribution in [2.75, 3.05) is 6.54 Å². The van der Waals surface area contributed by atoms with Crippen LogP contribution in [-0.4, -0.2) is 33.2 Å². The summed E-state index contributed by atoms with van der Waals surface area (Å²) in [5.41, 5.74) is 0.796. The fourth-order valence-corrected chi connectivity index (χ4v) is 3.02. The van der Waals surface area contributed by atoms with Crippen LogP contribution in [0.15, 0.2) is 41.8 Å². The van der Waals surface area contributed by atoms with Crippen LogP contribution in [0.1, 0.15) is 24.7 Å². The largest absolute Gasteiger partial charge is 0.338 e. The number of carbonyl (C=O) groups excluding carboxylic acids is 2. The van der Waals surface area contributed by atoms with Crippen LogP contribution < -0.4 is 10.6 Å². The van der Waals surface area contributed by atoms with Crippen molar-refractivity contribution in [3.8, 4) is 0 Å². The maximum atomic E-state index is 12.5. The van der Waals surface area contributed by atoms with E-state index in [1.165, 1.54) is 11.8 Å². The molecule has 0 radical (unpaired) electrons. The Kier molecular flexibility index (Phi) is 6.16. The maximum Gasteiger partial charge on any atom is 0.321 e. The lowest BCUT2D eigenvalue weighted by Gasteiger charge is -2.16. The number of rotatable bonds is 6. The Labute approximate surface area is 138 Å². The number of benzene rings is 1. The molecule has 0 aliphatic heterocycles. The van der Waals surface area contributed by atoms with Crippen LogP contribution in [0.5, 0.6) is 0 Å². The number of hydrogen-bond acceptors (Lipinski definition) is 5. The molecule has 0 saturated heterocycles. The van der Waals surface area contributed by atoms with Crippen LogP contribution in [0.3, 0.4) is 0 Å². The number of amides is 3. The third-order valence-electron chi connectivity index (χ3n) is 3.06. The molecule has 0 saturated carbocycles. The van der Waals surface area contributed by atoms with Crippen molar-refractivity contribution >= 4 is 23.7 Å².